The number of rotatable bonds is 2. The highest BCUT2D eigenvalue weighted by atomic mass is 16.3. The molecule has 1 heterocycles. The van der Waals surface area contributed by atoms with Gasteiger partial charge in [0.1, 0.15) is 0 Å². The number of aliphatic hydroxyl groups is 1. The molecule has 0 saturated carbocycles. The Hall–Kier alpha value is -1.61. The second-order valence-electron chi connectivity index (χ2n) is 5.01. The van der Waals surface area contributed by atoms with Gasteiger partial charge < -0.3 is 9.67 Å². The van der Waals surface area contributed by atoms with E-state index in [1.807, 2.05) is 19.3 Å². The first-order valence-corrected chi connectivity index (χ1v) is 6.55. The topological polar surface area (TPSA) is 38.0 Å². The normalized spacial score (nSPS) is 14.6. The van der Waals surface area contributed by atoms with Gasteiger partial charge in [0.2, 0.25) is 0 Å². The Morgan fingerprint density at radius 3 is 2.94 bits per heavy atom. The summed E-state index contributed by atoms with van der Waals surface area (Å²) in [7, 11) is 0. The zero-order valence-electron chi connectivity index (χ0n) is 10.7. The highest BCUT2D eigenvalue weighted by Crippen LogP contribution is 2.25. The Bertz CT molecular complexity index is 572. The second-order valence-corrected chi connectivity index (χ2v) is 5.01. The fourth-order valence-electron chi connectivity index (χ4n) is 2.75. The quantitative estimate of drug-likeness (QED) is 0.879. The molecule has 1 N–H and O–H groups in total. The van der Waals surface area contributed by atoms with Crippen LogP contribution in [0.25, 0.3) is 5.69 Å². The fourth-order valence-corrected chi connectivity index (χ4v) is 2.75. The summed E-state index contributed by atoms with van der Waals surface area (Å²) in [5, 5.41) is 9.51. The molecule has 1 aromatic heterocycles. The van der Waals surface area contributed by atoms with Crippen LogP contribution in [-0.4, -0.2) is 14.7 Å². The lowest BCUT2D eigenvalue weighted by Gasteiger charge is -2.16. The van der Waals surface area contributed by atoms with E-state index >= 15 is 0 Å². The zero-order chi connectivity index (χ0) is 12.5. The number of aliphatic hydroxyl groups excluding tert-OH is 1. The van der Waals surface area contributed by atoms with Crippen LogP contribution in [0.1, 0.15) is 35.4 Å². The van der Waals surface area contributed by atoms with E-state index in [0.29, 0.717) is 0 Å². The summed E-state index contributed by atoms with van der Waals surface area (Å²) in [5.41, 5.74) is 5.77. The van der Waals surface area contributed by atoms with Gasteiger partial charge in [0.05, 0.1) is 24.3 Å². The van der Waals surface area contributed by atoms with Gasteiger partial charge in [0.15, 0.2) is 0 Å². The molecule has 1 aliphatic rings. The van der Waals surface area contributed by atoms with E-state index in [2.05, 4.69) is 21.7 Å². The lowest BCUT2D eigenvalue weighted by Crippen LogP contribution is -2.08. The third kappa shape index (κ3) is 1.85. The molecule has 1 aromatic carbocycles. The van der Waals surface area contributed by atoms with Crippen LogP contribution in [0, 0.1) is 6.92 Å². The first-order valence-electron chi connectivity index (χ1n) is 6.55. The predicted molar refractivity (Wildman–Crippen MR) is 70.9 cm³/mol. The van der Waals surface area contributed by atoms with E-state index in [1.54, 1.807) is 0 Å². The van der Waals surface area contributed by atoms with Crippen molar-refractivity contribution in [1.29, 1.82) is 0 Å². The minimum Gasteiger partial charge on any atom is -0.392 e. The van der Waals surface area contributed by atoms with Gasteiger partial charge >= 0.3 is 0 Å². The molecule has 18 heavy (non-hydrogen) atoms. The minimum absolute atomic E-state index is 0.0734. The Morgan fingerprint density at radius 2 is 2.11 bits per heavy atom. The number of fused-ring (bicyclic) bond motifs is 1. The maximum atomic E-state index is 9.51. The molecular weight excluding hydrogens is 224 g/mol. The summed E-state index contributed by atoms with van der Waals surface area (Å²) < 4.78 is 2.15. The zero-order valence-corrected chi connectivity index (χ0v) is 10.7. The SMILES string of the molecule is Cc1ccc(-n2cnc3c2CCCC3)c(CO)c1. The highest BCUT2D eigenvalue weighted by Gasteiger charge is 2.17. The van der Waals surface area contributed by atoms with E-state index in [4.69, 9.17) is 0 Å². The van der Waals surface area contributed by atoms with Crippen molar-refractivity contribution in [3.8, 4) is 5.69 Å². The van der Waals surface area contributed by atoms with Gasteiger partial charge in [-0.25, -0.2) is 4.98 Å². The number of benzene rings is 1. The maximum absolute atomic E-state index is 9.51. The van der Waals surface area contributed by atoms with E-state index < -0.39 is 0 Å². The standard InChI is InChI=1S/C15H18N2O/c1-11-6-7-14(12(8-11)9-18)17-10-16-13-4-2-3-5-15(13)17/h6-8,10,18H,2-5,9H2,1H3. The molecule has 3 heteroatoms. The number of imidazole rings is 1. The minimum atomic E-state index is 0.0734. The van der Waals surface area contributed by atoms with Gasteiger partial charge in [0, 0.05) is 11.3 Å². The number of aromatic nitrogens is 2. The van der Waals surface area contributed by atoms with Crippen molar-refractivity contribution < 1.29 is 5.11 Å². The van der Waals surface area contributed by atoms with Crippen molar-refractivity contribution in [2.45, 2.75) is 39.2 Å². The molecular formula is C15H18N2O. The fraction of sp³-hybridized carbons (Fsp3) is 0.400. The Morgan fingerprint density at radius 1 is 1.28 bits per heavy atom. The van der Waals surface area contributed by atoms with Gasteiger partial charge in [-0.3, -0.25) is 0 Å². The van der Waals surface area contributed by atoms with Crippen LogP contribution in [-0.2, 0) is 19.4 Å². The predicted octanol–water partition coefficient (Wildman–Crippen LogP) is 2.55. The maximum Gasteiger partial charge on any atom is 0.0997 e. The monoisotopic (exact) mass is 242 g/mol. The molecule has 0 radical (unpaired) electrons. The second kappa shape index (κ2) is 4.58. The average Bonchev–Trinajstić information content (AvgIpc) is 2.82. The van der Waals surface area contributed by atoms with E-state index in [1.165, 1.54) is 29.8 Å². The van der Waals surface area contributed by atoms with Crippen LogP contribution >= 0.6 is 0 Å². The van der Waals surface area contributed by atoms with Crippen molar-refractivity contribution in [2.24, 2.45) is 0 Å². The lowest BCUT2D eigenvalue weighted by molar-refractivity contribution is 0.281. The number of hydrogen-bond donors (Lipinski definition) is 1. The molecule has 2 aromatic rings. The van der Waals surface area contributed by atoms with E-state index in [0.717, 1.165) is 24.1 Å². The van der Waals surface area contributed by atoms with Crippen LogP contribution < -0.4 is 0 Å². The summed E-state index contributed by atoms with van der Waals surface area (Å²) in [4.78, 5) is 4.51. The molecule has 94 valence electrons. The summed E-state index contributed by atoms with van der Waals surface area (Å²) in [5.74, 6) is 0. The third-order valence-corrected chi connectivity index (χ3v) is 3.69. The molecule has 0 fully saturated rings. The molecule has 0 amide bonds. The number of hydrogen-bond acceptors (Lipinski definition) is 2. The van der Waals surface area contributed by atoms with Crippen LogP contribution in [0.4, 0.5) is 0 Å². The van der Waals surface area contributed by atoms with Crippen molar-refractivity contribution in [1.82, 2.24) is 9.55 Å². The third-order valence-electron chi connectivity index (χ3n) is 3.69. The molecule has 0 atom stereocenters. The molecule has 0 bridgehead atoms. The number of nitrogens with zero attached hydrogens (tertiary/aromatic N) is 2. The van der Waals surface area contributed by atoms with Crippen LogP contribution in [0.2, 0.25) is 0 Å². The van der Waals surface area contributed by atoms with Crippen LogP contribution in [0.5, 0.6) is 0 Å². The summed E-state index contributed by atoms with van der Waals surface area (Å²) >= 11 is 0. The number of aryl methyl sites for hydroxylation is 2. The van der Waals surface area contributed by atoms with Crippen molar-refractivity contribution >= 4 is 0 Å². The molecule has 3 rings (SSSR count). The van der Waals surface area contributed by atoms with E-state index in [9.17, 15) is 5.11 Å². The van der Waals surface area contributed by atoms with Crippen LogP contribution in [0.3, 0.4) is 0 Å². The van der Waals surface area contributed by atoms with Gasteiger partial charge in [-0.2, -0.15) is 0 Å². The van der Waals surface area contributed by atoms with Gasteiger partial charge in [-0.15, -0.1) is 0 Å². The molecule has 0 spiro atoms. The Labute approximate surface area is 107 Å². The largest absolute Gasteiger partial charge is 0.392 e. The van der Waals surface area contributed by atoms with Crippen LogP contribution in [0.15, 0.2) is 24.5 Å². The van der Waals surface area contributed by atoms with Crippen molar-refractivity contribution in [3.63, 3.8) is 0 Å². The molecule has 0 saturated heterocycles. The first-order chi connectivity index (χ1) is 8.79. The summed E-state index contributed by atoms with van der Waals surface area (Å²) in [6.45, 7) is 2.12. The van der Waals surface area contributed by atoms with Gasteiger partial charge in [0.25, 0.3) is 0 Å². The van der Waals surface area contributed by atoms with Gasteiger partial charge in [-0.05, 0) is 38.7 Å². The molecule has 3 nitrogen and oxygen atoms in total. The summed E-state index contributed by atoms with van der Waals surface area (Å²) in [6, 6.07) is 6.21. The smallest absolute Gasteiger partial charge is 0.0997 e. The molecule has 0 aliphatic heterocycles. The highest BCUT2D eigenvalue weighted by molar-refractivity contribution is 5.45. The van der Waals surface area contributed by atoms with E-state index in [-0.39, 0.29) is 6.61 Å². The van der Waals surface area contributed by atoms with Crippen molar-refractivity contribution in [3.05, 3.63) is 47.0 Å². The molecule has 0 unspecified atom stereocenters. The summed E-state index contributed by atoms with van der Waals surface area (Å²) in [6.07, 6.45) is 6.56. The Kier molecular flexibility index (Phi) is 2.92. The lowest BCUT2D eigenvalue weighted by atomic mass is 10.0. The Balaban J connectivity index is 2.12. The molecule has 1 aliphatic carbocycles. The van der Waals surface area contributed by atoms with Gasteiger partial charge in [-0.1, -0.05) is 17.7 Å². The first kappa shape index (κ1) is 11.5. The average molecular weight is 242 g/mol. The van der Waals surface area contributed by atoms with Crippen molar-refractivity contribution in [2.75, 3.05) is 0 Å².